The van der Waals surface area contributed by atoms with Gasteiger partial charge in [-0.3, -0.25) is 4.79 Å². The van der Waals surface area contributed by atoms with E-state index in [0.29, 0.717) is 6.42 Å². The van der Waals surface area contributed by atoms with Crippen LogP contribution in [0.3, 0.4) is 0 Å². The van der Waals surface area contributed by atoms with Crippen molar-refractivity contribution in [1.29, 1.82) is 0 Å². The Hall–Kier alpha value is -0.620. The molecule has 6 heteroatoms. The zero-order valence-electron chi connectivity index (χ0n) is 8.49. The Morgan fingerprint density at radius 1 is 1.50 bits per heavy atom. The predicted molar refractivity (Wildman–Crippen MR) is 53.6 cm³/mol. The highest BCUT2D eigenvalue weighted by Gasteiger charge is 2.11. The smallest absolute Gasteiger partial charge is 0.221 e. The van der Waals surface area contributed by atoms with Crippen molar-refractivity contribution in [2.24, 2.45) is 0 Å². The first kappa shape index (κ1) is 13.4. The van der Waals surface area contributed by atoms with Crippen LogP contribution in [0.4, 0.5) is 0 Å². The highest BCUT2D eigenvalue weighted by atomic mass is 32.2. The van der Waals surface area contributed by atoms with Gasteiger partial charge in [0.25, 0.3) is 0 Å². The van der Waals surface area contributed by atoms with Crippen LogP contribution in [0.25, 0.3) is 0 Å². The van der Waals surface area contributed by atoms with Gasteiger partial charge in [-0.1, -0.05) is 6.92 Å². The molecule has 2 N–H and O–H groups in total. The second-order valence-corrected chi connectivity index (χ2v) is 5.49. The molecule has 0 aromatic heterocycles. The minimum atomic E-state index is -3.09. The van der Waals surface area contributed by atoms with Crippen molar-refractivity contribution in [3.63, 3.8) is 0 Å². The number of carbonyl (C=O) groups excluding carboxylic acids is 1. The lowest BCUT2D eigenvalue weighted by molar-refractivity contribution is -0.121. The van der Waals surface area contributed by atoms with Crippen molar-refractivity contribution < 1.29 is 18.3 Å². The summed E-state index contributed by atoms with van der Waals surface area (Å²) in [6.45, 7) is 1.71. The second-order valence-electron chi connectivity index (χ2n) is 3.24. The molecule has 14 heavy (non-hydrogen) atoms. The van der Waals surface area contributed by atoms with Gasteiger partial charge in [0.1, 0.15) is 9.84 Å². The Balaban J connectivity index is 3.87. The average molecular weight is 223 g/mol. The molecule has 0 spiro atoms. The highest BCUT2D eigenvalue weighted by molar-refractivity contribution is 7.90. The molecule has 0 bridgehead atoms. The van der Waals surface area contributed by atoms with E-state index in [2.05, 4.69) is 5.32 Å². The molecule has 0 fully saturated rings. The number of sulfone groups is 1. The quantitative estimate of drug-likeness (QED) is 0.624. The van der Waals surface area contributed by atoms with E-state index in [0.717, 1.165) is 6.26 Å². The van der Waals surface area contributed by atoms with Gasteiger partial charge in [-0.25, -0.2) is 8.42 Å². The minimum Gasteiger partial charge on any atom is -0.394 e. The molecule has 0 radical (unpaired) electrons. The topological polar surface area (TPSA) is 83.5 Å². The number of hydrogen-bond donors (Lipinski definition) is 2. The molecule has 0 aliphatic heterocycles. The molecule has 1 amide bonds. The molecule has 0 unspecified atom stereocenters. The van der Waals surface area contributed by atoms with Crippen molar-refractivity contribution in [2.75, 3.05) is 18.6 Å². The standard InChI is InChI=1S/C8H17NO4S/c1-3-7(6-10)9-8(11)4-5-14(2,12)13/h7,10H,3-6H2,1-2H3,(H,9,11)/t7-/m0/s1. The summed E-state index contributed by atoms with van der Waals surface area (Å²) >= 11 is 0. The van der Waals surface area contributed by atoms with Gasteiger partial charge in [0.2, 0.25) is 5.91 Å². The largest absolute Gasteiger partial charge is 0.394 e. The third kappa shape index (κ3) is 6.85. The zero-order chi connectivity index (χ0) is 11.2. The number of rotatable bonds is 6. The molecular formula is C8H17NO4S. The van der Waals surface area contributed by atoms with E-state index in [1.54, 1.807) is 0 Å². The molecule has 84 valence electrons. The SMILES string of the molecule is CC[C@@H](CO)NC(=O)CCS(C)(=O)=O. The molecular weight excluding hydrogens is 206 g/mol. The van der Waals surface area contributed by atoms with Crippen LogP contribution in [0.15, 0.2) is 0 Å². The van der Waals surface area contributed by atoms with Gasteiger partial charge in [-0.05, 0) is 6.42 Å². The second kappa shape index (κ2) is 5.98. The number of aliphatic hydroxyl groups excluding tert-OH is 1. The van der Waals surface area contributed by atoms with Crippen molar-refractivity contribution >= 4 is 15.7 Å². The summed E-state index contributed by atoms with van der Waals surface area (Å²) in [6, 6.07) is -0.276. The van der Waals surface area contributed by atoms with Crippen LogP contribution in [0.2, 0.25) is 0 Å². The monoisotopic (exact) mass is 223 g/mol. The molecule has 0 saturated heterocycles. The van der Waals surface area contributed by atoms with Gasteiger partial charge < -0.3 is 10.4 Å². The van der Waals surface area contributed by atoms with Gasteiger partial charge in [0.05, 0.1) is 18.4 Å². The normalized spacial score (nSPS) is 13.6. The third-order valence-corrected chi connectivity index (χ3v) is 2.72. The van der Waals surface area contributed by atoms with E-state index < -0.39 is 9.84 Å². The van der Waals surface area contributed by atoms with Gasteiger partial charge in [-0.2, -0.15) is 0 Å². The maximum atomic E-state index is 11.1. The first-order valence-electron chi connectivity index (χ1n) is 4.47. The van der Waals surface area contributed by atoms with Gasteiger partial charge in [0.15, 0.2) is 0 Å². The van der Waals surface area contributed by atoms with E-state index in [-0.39, 0.29) is 30.7 Å². The molecule has 5 nitrogen and oxygen atoms in total. The predicted octanol–water partition coefficient (Wildman–Crippen LogP) is -0.692. The molecule has 0 aliphatic rings. The van der Waals surface area contributed by atoms with Crippen LogP contribution in [-0.2, 0) is 14.6 Å². The van der Waals surface area contributed by atoms with Crippen LogP contribution < -0.4 is 5.32 Å². The minimum absolute atomic E-state index is 0.0463. The number of carbonyl (C=O) groups is 1. The number of aliphatic hydroxyl groups is 1. The Kier molecular flexibility index (Phi) is 5.71. The van der Waals surface area contributed by atoms with Crippen LogP contribution in [0.1, 0.15) is 19.8 Å². The summed E-state index contributed by atoms with van der Waals surface area (Å²) in [7, 11) is -3.09. The van der Waals surface area contributed by atoms with E-state index in [1.165, 1.54) is 0 Å². The van der Waals surface area contributed by atoms with Crippen molar-refractivity contribution in [3.05, 3.63) is 0 Å². The Labute approximate surface area is 84.4 Å². The summed E-state index contributed by atoms with van der Waals surface area (Å²) in [5.74, 6) is -0.489. The fourth-order valence-electron chi connectivity index (χ4n) is 0.855. The van der Waals surface area contributed by atoms with Gasteiger partial charge in [0, 0.05) is 12.7 Å². The van der Waals surface area contributed by atoms with E-state index in [4.69, 9.17) is 5.11 Å². The maximum Gasteiger partial charge on any atom is 0.221 e. The lowest BCUT2D eigenvalue weighted by Crippen LogP contribution is -2.37. The lowest BCUT2D eigenvalue weighted by Gasteiger charge is -2.13. The Bertz CT molecular complexity index is 269. The molecule has 0 heterocycles. The average Bonchev–Trinajstić information content (AvgIpc) is 2.09. The fourth-order valence-corrected chi connectivity index (χ4v) is 1.41. The molecule has 1 atom stereocenters. The Morgan fingerprint density at radius 2 is 2.07 bits per heavy atom. The van der Waals surface area contributed by atoms with Crippen molar-refractivity contribution in [2.45, 2.75) is 25.8 Å². The zero-order valence-corrected chi connectivity index (χ0v) is 9.30. The first-order chi connectivity index (χ1) is 6.39. The van der Waals surface area contributed by atoms with Crippen LogP contribution >= 0.6 is 0 Å². The maximum absolute atomic E-state index is 11.1. The molecule has 0 saturated carbocycles. The van der Waals surface area contributed by atoms with Gasteiger partial charge >= 0.3 is 0 Å². The third-order valence-electron chi connectivity index (χ3n) is 1.78. The van der Waals surface area contributed by atoms with Crippen LogP contribution in [0, 0.1) is 0 Å². The van der Waals surface area contributed by atoms with Crippen LogP contribution in [0.5, 0.6) is 0 Å². The summed E-state index contributed by atoms with van der Waals surface area (Å²) in [6.07, 6.45) is 1.67. The number of amides is 1. The van der Waals surface area contributed by atoms with Gasteiger partial charge in [-0.15, -0.1) is 0 Å². The first-order valence-corrected chi connectivity index (χ1v) is 6.53. The van der Waals surface area contributed by atoms with E-state index >= 15 is 0 Å². The summed E-state index contributed by atoms with van der Waals surface area (Å²) < 4.78 is 21.5. The van der Waals surface area contributed by atoms with E-state index in [1.807, 2.05) is 6.92 Å². The molecule has 0 rings (SSSR count). The molecule has 0 aliphatic carbocycles. The van der Waals surface area contributed by atoms with Crippen LogP contribution in [-0.4, -0.2) is 44.1 Å². The molecule has 0 aromatic carbocycles. The lowest BCUT2D eigenvalue weighted by atomic mass is 10.2. The molecule has 0 aromatic rings. The highest BCUT2D eigenvalue weighted by Crippen LogP contribution is 1.93. The van der Waals surface area contributed by atoms with E-state index in [9.17, 15) is 13.2 Å². The summed E-state index contributed by atoms with van der Waals surface area (Å²) in [5.41, 5.74) is 0. The number of hydrogen-bond acceptors (Lipinski definition) is 4. The fraction of sp³-hybridized carbons (Fsp3) is 0.875. The Morgan fingerprint density at radius 3 is 2.43 bits per heavy atom. The summed E-state index contributed by atoms with van der Waals surface area (Å²) in [5, 5.41) is 11.3. The number of nitrogens with one attached hydrogen (secondary N) is 1. The summed E-state index contributed by atoms with van der Waals surface area (Å²) in [4.78, 5) is 11.1. The van der Waals surface area contributed by atoms with Crippen molar-refractivity contribution in [3.8, 4) is 0 Å². The van der Waals surface area contributed by atoms with Crippen molar-refractivity contribution in [1.82, 2.24) is 5.32 Å².